The topological polar surface area (TPSA) is 129 Å². The minimum Gasteiger partial charge on any atom is -0.493 e. The van der Waals surface area contributed by atoms with Gasteiger partial charge in [-0.15, -0.1) is 0 Å². The van der Waals surface area contributed by atoms with Crippen LogP contribution in [0.15, 0.2) is 23.8 Å². The first-order chi connectivity index (χ1) is 14.0. The van der Waals surface area contributed by atoms with Crippen molar-refractivity contribution < 1.29 is 9.47 Å². The number of methoxy groups -OCH3 is 1. The maximum Gasteiger partial charge on any atom is 0.174 e. The summed E-state index contributed by atoms with van der Waals surface area (Å²) in [4.78, 5) is 4.32. The van der Waals surface area contributed by atoms with Gasteiger partial charge >= 0.3 is 0 Å². The zero-order chi connectivity index (χ0) is 21.1. The molecular weight excluding hydrogens is 366 g/mol. The van der Waals surface area contributed by atoms with Gasteiger partial charge in [-0.25, -0.2) is 4.98 Å². The lowest BCUT2D eigenvalue weighted by Gasteiger charge is -2.12. The molecule has 2 aromatic rings. The quantitative estimate of drug-likeness (QED) is 0.853. The lowest BCUT2D eigenvalue weighted by Crippen LogP contribution is -2.03. The Labute approximate surface area is 168 Å². The molecule has 3 rings (SSSR count). The van der Waals surface area contributed by atoms with Gasteiger partial charge in [-0.2, -0.15) is 15.8 Å². The van der Waals surface area contributed by atoms with Gasteiger partial charge in [0.2, 0.25) is 0 Å². The van der Waals surface area contributed by atoms with Crippen LogP contribution in [0.4, 0.5) is 5.82 Å². The van der Waals surface area contributed by atoms with E-state index in [0.717, 1.165) is 22.3 Å². The average molecular weight is 383 g/mol. The molecule has 0 saturated carbocycles. The molecule has 0 spiro atoms. The number of rotatable bonds is 4. The summed E-state index contributed by atoms with van der Waals surface area (Å²) in [5, 5.41) is 27.8. The van der Waals surface area contributed by atoms with Crippen molar-refractivity contribution in [2.24, 2.45) is 0 Å². The number of hydrogen-bond donors (Lipinski definition) is 1. The molecule has 0 atom stereocenters. The predicted molar refractivity (Wildman–Crippen MR) is 108 cm³/mol. The summed E-state index contributed by atoms with van der Waals surface area (Å²) < 4.78 is 10.7. The lowest BCUT2D eigenvalue weighted by molar-refractivity contribution is 0.329. The maximum atomic E-state index is 9.63. The van der Waals surface area contributed by atoms with Gasteiger partial charge in [-0.05, 0) is 54.3 Å². The molecule has 7 heteroatoms. The van der Waals surface area contributed by atoms with E-state index in [1.807, 2.05) is 25.1 Å². The average Bonchev–Trinajstić information content (AvgIpc) is 2.97. The molecule has 0 aliphatic heterocycles. The van der Waals surface area contributed by atoms with E-state index in [4.69, 9.17) is 20.5 Å². The van der Waals surface area contributed by atoms with E-state index >= 15 is 0 Å². The summed E-state index contributed by atoms with van der Waals surface area (Å²) >= 11 is 0. The van der Waals surface area contributed by atoms with Crippen LogP contribution in [0, 0.1) is 40.9 Å². The van der Waals surface area contributed by atoms with Crippen molar-refractivity contribution in [3.8, 4) is 29.7 Å². The Hall–Kier alpha value is -4.28. The number of nitrogen functional groups attached to an aromatic ring is 1. The van der Waals surface area contributed by atoms with E-state index < -0.39 is 0 Å². The molecule has 0 saturated heterocycles. The highest BCUT2D eigenvalue weighted by Crippen LogP contribution is 2.44. The number of allylic oxidation sites excluding steroid dienone is 3. The molecule has 1 aromatic heterocycles. The number of fused-ring (bicyclic) bond motifs is 1. The molecule has 1 aliphatic rings. The van der Waals surface area contributed by atoms with E-state index in [1.54, 1.807) is 19.1 Å². The number of nitrogens with zero attached hydrogens (tertiary/aromatic N) is 4. The second kappa shape index (κ2) is 7.76. The first-order valence-corrected chi connectivity index (χ1v) is 8.68. The third kappa shape index (κ3) is 3.25. The molecule has 1 heterocycles. The zero-order valence-corrected chi connectivity index (χ0v) is 16.2. The van der Waals surface area contributed by atoms with E-state index in [-0.39, 0.29) is 12.4 Å². The summed E-state index contributed by atoms with van der Waals surface area (Å²) in [6.07, 6.45) is 1.90. The van der Waals surface area contributed by atoms with Crippen LogP contribution in [0.1, 0.15) is 34.9 Å². The van der Waals surface area contributed by atoms with Crippen LogP contribution in [0.25, 0.3) is 17.2 Å². The third-order valence-corrected chi connectivity index (χ3v) is 4.77. The highest BCUT2D eigenvalue weighted by molar-refractivity contribution is 6.08. The van der Waals surface area contributed by atoms with E-state index in [2.05, 4.69) is 17.1 Å². The Balaban J connectivity index is 2.19. The molecule has 2 N–H and O–H groups in total. The Morgan fingerprint density at radius 3 is 2.52 bits per heavy atom. The van der Waals surface area contributed by atoms with E-state index in [1.165, 1.54) is 7.11 Å². The molecule has 0 bridgehead atoms. The van der Waals surface area contributed by atoms with E-state index in [9.17, 15) is 10.5 Å². The normalized spacial score (nSPS) is 13.4. The maximum absolute atomic E-state index is 9.63. The summed E-state index contributed by atoms with van der Waals surface area (Å²) in [6.45, 7) is 3.56. The zero-order valence-electron chi connectivity index (χ0n) is 16.2. The van der Waals surface area contributed by atoms with Gasteiger partial charge in [0.15, 0.2) is 18.1 Å². The smallest absolute Gasteiger partial charge is 0.174 e. The molecule has 1 aromatic carbocycles. The fourth-order valence-corrected chi connectivity index (χ4v) is 3.37. The number of benzene rings is 1. The van der Waals surface area contributed by atoms with Crippen molar-refractivity contribution in [1.82, 2.24) is 4.98 Å². The summed E-state index contributed by atoms with van der Waals surface area (Å²) in [5.41, 5.74) is 10.9. The van der Waals surface area contributed by atoms with Gasteiger partial charge in [0.25, 0.3) is 0 Å². The van der Waals surface area contributed by atoms with Gasteiger partial charge < -0.3 is 15.2 Å². The highest BCUT2D eigenvalue weighted by atomic mass is 16.5. The minimum atomic E-state index is -0.0826. The molecule has 142 valence electrons. The van der Waals surface area contributed by atoms with Crippen molar-refractivity contribution in [1.29, 1.82) is 15.8 Å². The summed E-state index contributed by atoms with van der Waals surface area (Å²) in [7, 11) is 1.52. The Morgan fingerprint density at radius 2 is 1.90 bits per heavy atom. The van der Waals surface area contributed by atoms with E-state index in [0.29, 0.717) is 33.9 Å². The number of hydrogen-bond acceptors (Lipinski definition) is 7. The van der Waals surface area contributed by atoms with Crippen molar-refractivity contribution in [2.75, 3.05) is 19.5 Å². The first-order valence-electron chi connectivity index (χ1n) is 8.68. The number of nitrogens with two attached hydrogens (primary N) is 1. The van der Waals surface area contributed by atoms with Crippen LogP contribution in [-0.2, 0) is 0 Å². The second-order valence-corrected chi connectivity index (χ2v) is 6.36. The van der Waals surface area contributed by atoms with Crippen LogP contribution in [0.3, 0.4) is 0 Å². The van der Waals surface area contributed by atoms with Crippen LogP contribution >= 0.6 is 0 Å². The predicted octanol–water partition coefficient (Wildman–Crippen LogP) is 3.61. The number of ether oxygens (including phenoxy) is 2. The van der Waals surface area contributed by atoms with Crippen molar-refractivity contribution in [3.05, 3.63) is 51.7 Å². The molecule has 7 nitrogen and oxygen atoms in total. The fraction of sp³-hybridized carbons (Fsp3) is 0.182. The molecule has 0 amide bonds. The number of anilines is 1. The monoisotopic (exact) mass is 383 g/mol. The standard InChI is InChI=1S/C22H17N5O2/c1-12-15(8-14-4-5-18(29-7-6-23)19(9-14)28-3)20-13(2)17(11-25)22(26)27-21(20)16(12)10-24/h4-5,8-9H,7H2,1-3H3,(H2,26,27). The number of aromatic nitrogens is 1. The Bertz CT molecular complexity index is 1200. The SMILES string of the molecule is COc1cc(C=C2C(C)=C(C#N)c3nc(N)c(C#N)c(C)c32)ccc1OCC#N. The molecule has 1 aliphatic carbocycles. The van der Waals surface area contributed by atoms with Crippen molar-refractivity contribution in [3.63, 3.8) is 0 Å². The summed E-state index contributed by atoms with van der Waals surface area (Å²) in [5.74, 6) is 1.07. The van der Waals surface area contributed by atoms with Gasteiger partial charge in [0.1, 0.15) is 24.0 Å². The lowest BCUT2D eigenvalue weighted by atomic mass is 9.95. The van der Waals surface area contributed by atoms with Crippen LogP contribution in [-0.4, -0.2) is 18.7 Å². The van der Waals surface area contributed by atoms with Gasteiger partial charge in [0.05, 0.1) is 23.9 Å². The largest absolute Gasteiger partial charge is 0.493 e. The highest BCUT2D eigenvalue weighted by Gasteiger charge is 2.29. The molecule has 0 fully saturated rings. The first kappa shape index (κ1) is 19.5. The second-order valence-electron chi connectivity index (χ2n) is 6.36. The molecule has 0 unspecified atom stereocenters. The van der Waals surface area contributed by atoms with Crippen LogP contribution in [0.5, 0.6) is 11.5 Å². The Kier molecular flexibility index (Phi) is 5.21. The Morgan fingerprint density at radius 1 is 1.14 bits per heavy atom. The molecular formula is C22H17N5O2. The fourth-order valence-electron chi connectivity index (χ4n) is 3.37. The van der Waals surface area contributed by atoms with Gasteiger partial charge in [0, 0.05) is 5.56 Å². The summed E-state index contributed by atoms with van der Waals surface area (Å²) in [6, 6.07) is 11.5. The third-order valence-electron chi connectivity index (χ3n) is 4.77. The van der Waals surface area contributed by atoms with Crippen LogP contribution < -0.4 is 15.2 Å². The molecule has 29 heavy (non-hydrogen) atoms. The van der Waals surface area contributed by atoms with Gasteiger partial charge in [-0.1, -0.05) is 6.07 Å². The molecule has 0 radical (unpaired) electrons. The van der Waals surface area contributed by atoms with Crippen LogP contribution in [0.2, 0.25) is 0 Å². The number of pyridine rings is 1. The van der Waals surface area contributed by atoms with Crippen molar-refractivity contribution in [2.45, 2.75) is 13.8 Å². The van der Waals surface area contributed by atoms with Crippen molar-refractivity contribution >= 4 is 23.0 Å². The minimum absolute atomic E-state index is 0.0826. The van der Waals surface area contributed by atoms with Gasteiger partial charge in [-0.3, -0.25) is 0 Å². The number of nitriles is 3.